The molecule has 0 atom stereocenters. The maximum atomic E-state index is 6.33. The van der Waals surface area contributed by atoms with Crippen LogP contribution in [-0.4, -0.2) is 6.54 Å². The molecule has 19 heavy (non-hydrogen) atoms. The molecule has 0 aliphatic heterocycles. The van der Waals surface area contributed by atoms with Gasteiger partial charge in [0.1, 0.15) is 0 Å². The number of halogens is 1. The molecule has 1 aromatic rings. The molecule has 4 saturated carbocycles. The molecule has 2 heteroatoms. The molecule has 0 heterocycles. The highest BCUT2D eigenvalue weighted by atomic mass is 35.5. The Balaban J connectivity index is 1.79. The van der Waals surface area contributed by atoms with Crippen molar-refractivity contribution in [3.8, 4) is 0 Å². The van der Waals surface area contributed by atoms with Crippen LogP contribution in [0.15, 0.2) is 24.3 Å². The summed E-state index contributed by atoms with van der Waals surface area (Å²) in [6.45, 7) is 0.809. The van der Waals surface area contributed by atoms with E-state index in [0.29, 0.717) is 0 Å². The van der Waals surface area contributed by atoms with Crippen LogP contribution in [0.4, 0.5) is 0 Å². The highest BCUT2D eigenvalue weighted by Gasteiger charge is 2.56. The number of benzene rings is 1. The Morgan fingerprint density at radius 3 is 1.95 bits per heavy atom. The van der Waals surface area contributed by atoms with Crippen LogP contribution in [-0.2, 0) is 5.41 Å². The lowest BCUT2D eigenvalue weighted by atomic mass is 9.44. The SMILES string of the molecule is NCC1(c2ccc(Cl)cc2)C2CC3CC(C2)CC1C3. The summed E-state index contributed by atoms with van der Waals surface area (Å²) in [5.74, 6) is 3.62. The van der Waals surface area contributed by atoms with Crippen LogP contribution in [0.2, 0.25) is 5.02 Å². The quantitative estimate of drug-likeness (QED) is 0.868. The summed E-state index contributed by atoms with van der Waals surface area (Å²) in [5, 5.41) is 0.833. The number of hydrogen-bond donors (Lipinski definition) is 1. The Bertz CT molecular complexity index is 451. The Morgan fingerprint density at radius 1 is 0.947 bits per heavy atom. The van der Waals surface area contributed by atoms with Crippen molar-refractivity contribution in [3.63, 3.8) is 0 Å². The zero-order valence-electron chi connectivity index (χ0n) is 11.3. The molecular weight excluding hydrogens is 254 g/mol. The summed E-state index contributed by atoms with van der Waals surface area (Å²) in [5.41, 5.74) is 8.03. The van der Waals surface area contributed by atoms with E-state index in [2.05, 4.69) is 12.1 Å². The van der Waals surface area contributed by atoms with Gasteiger partial charge in [-0.2, -0.15) is 0 Å². The van der Waals surface area contributed by atoms with Crippen molar-refractivity contribution in [2.24, 2.45) is 29.4 Å². The summed E-state index contributed by atoms with van der Waals surface area (Å²) in [7, 11) is 0. The molecular formula is C17H22ClN. The average molecular weight is 276 g/mol. The molecule has 0 spiro atoms. The van der Waals surface area contributed by atoms with E-state index < -0.39 is 0 Å². The fourth-order valence-corrected chi connectivity index (χ4v) is 5.83. The lowest BCUT2D eigenvalue weighted by Gasteiger charge is -2.61. The highest BCUT2D eigenvalue weighted by Crippen LogP contribution is 2.62. The van der Waals surface area contributed by atoms with Crippen molar-refractivity contribution in [3.05, 3.63) is 34.9 Å². The van der Waals surface area contributed by atoms with Gasteiger partial charge in [-0.15, -0.1) is 0 Å². The van der Waals surface area contributed by atoms with Gasteiger partial charge in [0.25, 0.3) is 0 Å². The fourth-order valence-electron chi connectivity index (χ4n) is 5.71. The zero-order chi connectivity index (χ0) is 13.0. The second-order valence-corrected chi connectivity index (χ2v) is 7.49. The third-order valence-corrected chi connectivity index (χ3v) is 6.57. The van der Waals surface area contributed by atoms with Crippen molar-refractivity contribution in [2.75, 3.05) is 6.54 Å². The Morgan fingerprint density at radius 2 is 1.47 bits per heavy atom. The molecule has 4 bridgehead atoms. The van der Waals surface area contributed by atoms with Gasteiger partial charge >= 0.3 is 0 Å². The van der Waals surface area contributed by atoms with Gasteiger partial charge in [-0.05, 0) is 73.5 Å². The molecule has 4 aliphatic carbocycles. The number of hydrogen-bond acceptors (Lipinski definition) is 1. The van der Waals surface area contributed by atoms with Crippen LogP contribution >= 0.6 is 11.6 Å². The van der Waals surface area contributed by atoms with Crippen molar-refractivity contribution < 1.29 is 0 Å². The molecule has 0 aromatic heterocycles. The Labute approximate surface area is 120 Å². The zero-order valence-corrected chi connectivity index (χ0v) is 12.1. The first-order chi connectivity index (χ1) is 9.22. The Kier molecular flexibility index (Phi) is 2.72. The third kappa shape index (κ3) is 1.64. The lowest BCUT2D eigenvalue weighted by molar-refractivity contribution is -0.0567. The first-order valence-electron chi connectivity index (χ1n) is 7.68. The fraction of sp³-hybridized carbons (Fsp3) is 0.647. The van der Waals surface area contributed by atoms with Crippen molar-refractivity contribution in [2.45, 2.75) is 37.5 Å². The normalized spacial score (nSPS) is 43.7. The van der Waals surface area contributed by atoms with E-state index in [-0.39, 0.29) is 5.41 Å². The van der Waals surface area contributed by atoms with Gasteiger partial charge in [0.05, 0.1) is 0 Å². The van der Waals surface area contributed by atoms with Gasteiger partial charge in [-0.3, -0.25) is 0 Å². The van der Waals surface area contributed by atoms with E-state index in [1.54, 1.807) is 0 Å². The second kappa shape index (κ2) is 4.23. The first-order valence-corrected chi connectivity index (χ1v) is 8.06. The van der Waals surface area contributed by atoms with Crippen molar-refractivity contribution in [1.82, 2.24) is 0 Å². The van der Waals surface area contributed by atoms with E-state index in [0.717, 1.165) is 35.2 Å². The van der Waals surface area contributed by atoms with E-state index in [9.17, 15) is 0 Å². The summed E-state index contributed by atoms with van der Waals surface area (Å²) >= 11 is 6.06. The maximum Gasteiger partial charge on any atom is 0.0406 e. The monoisotopic (exact) mass is 275 g/mol. The largest absolute Gasteiger partial charge is 0.330 e. The minimum Gasteiger partial charge on any atom is -0.330 e. The predicted molar refractivity (Wildman–Crippen MR) is 79.2 cm³/mol. The summed E-state index contributed by atoms with van der Waals surface area (Å²) in [6, 6.07) is 8.55. The molecule has 0 unspecified atom stereocenters. The van der Waals surface area contributed by atoms with Crippen LogP contribution in [0.5, 0.6) is 0 Å². The minimum absolute atomic E-state index is 0.248. The van der Waals surface area contributed by atoms with Crippen LogP contribution in [0.25, 0.3) is 0 Å². The standard InChI is InChI=1S/C17H22ClN/c18-16-3-1-13(2-4-16)17(10-19)14-6-11-5-12(8-14)9-15(17)7-11/h1-4,11-12,14-15H,5-10,19H2. The molecule has 2 N–H and O–H groups in total. The van der Waals surface area contributed by atoms with Crippen LogP contribution in [0.3, 0.4) is 0 Å². The van der Waals surface area contributed by atoms with Crippen LogP contribution in [0, 0.1) is 23.7 Å². The number of nitrogens with two attached hydrogens (primary N) is 1. The topological polar surface area (TPSA) is 26.0 Å². The Hall–Kier alpha value is -0.530. The average Bonchev–Trinajstić information content (AvgIpc) is 2.40. The smallest absolute Gasteiger partial charge is 0.0406 e. The number of rotatable bonds is 2. The predicted octanol–water partition coefficient (Wildman–Crippen LogP) is 3.99. The summed E-state index contributed by atoms with van der Waals surface area (Å²) in [6.07, 6.45) is 7.13. The summed E-state index contributed by atoms with van der Waals surface area (Å²) < 4.78 is 0. The maximum absolute atomic E-state index is 6.33. The summed E-state index contributed by atoms with van der Waals surface area (Å²) in [4.78, 5) is 0. The van der Waals surface area contributed by atoms with E-state index in [4.69, 9.17) is 17.3 Å². The van der Waals surface area contributed by atoms with Gasteiger partial charge in [0.15, 0.2) is 0 Å². The van der Waals surface area contributed by atoms with Gasteiger partial charge in [-0.1, -0.05) is 23.7 Å². The van der Waals surface area contributed by atoms with Gasteiger partial charge in [0, 0.05) is 17.0 Å². The molecule has 102 valence electrons. The molecule has 4 aliphatic rings. The van der Waals surface area contributed by atoms with Crippen LogP contribution < -0.4 is 5.73 Å². The van der Waals surface area contributed by atoms with Crippen molar-refractivity contribution >= 4 is 11.6 Å². The van der Waals surface area contributed by atoms with Gasteiger partial charge < -0.3 is 5.73 Å². The molecule has 0 amide bonds. The van der Waals surface area contributed by atoms with Crippen molar-refractivity contribution in [1.29, 1.82) is 0 Å². The second-order valence-electron chi connectivity index (χ2n) is 7.06. The lowest BCUT2D eigenvalue weighted by Crippen LogP contribution is -2.58. The molecule has 1 aromatic carbocycles. The minimum atomic E-state index is 0.248. The third-order valence-electron chi connectivity index (χ3n) is 6.31. The van der Waals surface area contributed by atoms with E-state index >= 15 is 0 Å². The molecule has 5 rings (SSSR count). The molecule has 1 nitrogen and oxygen atoms in total. The highest BCUT2D eigenvalue weighted by molar-refractivity contribution is 6.30. The van der Waals surface area contributed by atoms with Crippen LogP contribution in [0.1, 0.15) is 37.7 Å². The molecule has 4 fully saturated rings. The molecule has 0 saturated heterocycles. The molecule has 0 radical (unpaired) electrons. The van der Waals surface area contributed by atoms with E-state index in [1.165, 1.54) is 37.7 Å². The van der Waals surface area contributed by atoms with Gasteiger partial charge in [-0.25, -0.2) is 0 Å². The van der Waals surface area contributed by atoms with E-state index in [1.807, 2.05) is 12.1 Å². The first kappa shape index (κ1) is 12.2. The van der Waals surface area contributed by atoms with Gasteiger partial charge in [0.2, 0.25) is 0 Å².